The molecule has 0 saturated carbocycles. The molecule has 0 bridgehead atoms. The van der Waals surface area contributed by atoms with E-state index >= 15 is 0 Å². The fraction of sp³-hybridized carbons (Fsp3) is 0.333. The minimum absolute atomic E-state index is 0.0170. The zero-order valence-corrected chi connectivity index (χ0v) is 14.8. The second-order valence-electron chi connectivity index (χ2n) is 5.48. The van der Waals surface area contributed by atoms with Gasteiger partial charge in [0.15, 0.2) is 0 Å². The van der Waals surface area contributed by atoms with Gasteiger partial charge < -0.3 is 9.64 Å². The summed E-state index contributed by atoms with van der Waals surface area (Å²) >= 11 is 1.58. The Morgan fingerprint density at radius 3 is 2.65 bits per heavy atom. The molecule has 2 aromatic rings. The van der Waals surface area contributed by atoms with Crippen molar-refractivity contribution >= 4 is 23.3 Å². The molecule has 1 heterocycles. The molecule has 0 unspecified atom stereocenters. The van der Waals surface area contributed by atoms with Crippen LogP contribution in [0, 0.1) is 6.92 Å². The fourth-order valence-electron chi connectivity index (χ4n) is 2.19. The maximum atomic E-state index is 12.3. The number of carbonyl (C=O) groups is 1. The molecule has 4 nitrogen and oxygen atoms in total. The SMILES string of the molecule is COc1ccc(C[C@@H](C)N(C)C(=O)/C=C\c2csc(C)n2)cc1. The van der Waals surface area contributed by atoms with Gasteiger partial charge in [-0.3, -0.25) is 4.79 Å². The molecule has 0 spiro atoms. The Kier molecular flexibility index (Phi) is 5.93. The highest BCUT2D eigenvalue weighted by molar-refractivity contribution is 7.09. The predicted molar refractivity (Wildman–Crippen MR) is 94.8 cm³/mol. The molecule has 0 aliphatic carbocycles. The van der Waals surface area contributed by atoms with E-state index in [1.54, 1.807) is 35.5 Å². The van der Waals surface area contributed by atoms with Crippen LogP contribution >= 0.6 is 11.3 Å². The summed E-state index contributed by atoms with van der Waals surface area (Å²) in [5, 5.41) is 2.94. The maximum Gasteiger partial charge on any atom is 0.246 e. The van der Waals surface area contributed by atoms with Crippen molar-refractivity contribution in [3.8, 4) is 5.75 Å². The number of aryl methyl sites for hydroxylation is 1. The summed E-state index contributed by atoms with van der Waals surface area (Å²) in [5.74, 6) is 0.823. The molecule has 0 aliphatic heterocycles. The molecular formula is C18H22N2O2S. The van der Waals surface area contributed by atoms with Gasteiger partial charge in [0.25, 0.3) is 0 Å². The molecule has 1 aromatic heterocycles. The van der Waals surface area contributed by atoms with Crippen molar-refractivity contribution in [2.24, 2.45) is 0 Å². The van der Waals surface area contributed by atoms with E-state index in [4.69, 9.17) is 4.74 Å². The molecule has 0 fully saturated rings. The highest BCUT2D eigenvalue weighted by Crippen LogP contribution is 2.15. The van der Waals surface area contributed by atoms with Crippen LogP contribution in [-0.2, 0) is 11.2 Å². The molecule has 0 saturated heterocycles. The third-order valence-electron chi connectivity index (χ3n) is 3.73. The van der Waals surface area contributed by atoms with Crippen molar-refractivity contribution in [3.63, 3.8) is 0 Å². The number of methoxy groups -OCH3 is 1. The van der Waals surface area contributed by atoms with E-state index in [1.807, 2.05) is 50.5 Å². The van der Waals surface area contributed by atoms with E-state index in [0.717, 1.165) is 22.9 Å². The van der Waals surface area contributed by atoms with Gasteiger partial charge in [-0.25, -0.2) is 4.98 Å². The largest absolute Gasteiger partial charge is 0.497 e. The lowest BCUT2D eigenvalue weighted by atomic mass is 10.1. The third-order valence-corrected chi connectivity index (χ3v) is 4.52. The van der Waals surface area contributed by atoms with Crippen LogP contribution in [0.2, 0.25) is 0 Å². The second-order valence-corrected chi connectivity index (χ2v) is 6.54. The van der Waals surface area contributed by atoms with Crippen LogP contribution in [0.15, 0.2) is 35.7 Å². The van der Waals surface area contributed by atoms with E-state index in [0.29, 0.717) is 0 Å². The van der Waals surface area contributed by atoms with Crippen LogP contribution < -0.4 is 4.74 Å². The average molecular weight is 330 g/mol. The Labute approximate surface area is 141 Å². The lowest BCUT2D eigenvalue weighted by molar-refractivity contribution is -0.126. The monoisotopic (exact) mass is 330 g/mol. The van der Waals surface area contributed by atoms with Gasteiger partial charge in [0, 0.05) is 24.5 Å². The number of benzene rings is 1. The molecule has 122 valence electrons. The number of thiazole rings is 1. The van der Waals surface area contributed by atoms with Gasteiger partial charge in [0.2, 0.25) is 5.91 Å². The molecule has 23 heavy (non-hydrogen) atoms. The molecule has 2 rings (SSSR count). The van der Waals surface area contributed by atoms with E-state index in [9.17, 15) is 4.79 Å². The van der Waals surface area contributed by atoms with Crippen LogP contribution in [-0.4, -0.2) is 36.0 Å². The van der Waals surface area contributed by atoms with Gasteiger partial charge in [-0.05, 0) is 44.0 Å². The molecule has 1 aromatic carbocycles. The molecule has 0 aliphatic rings. The van der Waals surface area contributed by atoms with Gasteiger partial charge in [0.1, 0.15) is 5.75 Å². The number of nitrogens with zero attached hydrogens (tertiary/aromatic N) is 2. The van der Waals surface area contributed by atoms with Crippen molar-refractivity contribution < 1.29 is 9.53 Å². The molecule has 1 atom stereocenters. The number of likely N-dealkylation sites (N-methyl/N-ethyl adjacent to an activating group) is 1. The molecule has 0 radical (unpaired) electrons. The summed E-state index contributed by atoms with van der Waals surface area (Å²) in [6.07, 6.45) is 4.15. The number of aromatic nitrogens is 1. The third kappa shape index (κ3) is 4.93. The van der Waals surface area contributed by atoms with Gasteiger partial charge in [-0.15, -0.1) is 11.3 Å². The van der Waals surface area contributed by atoms with Crippen molar-refractivity contribution in [2.45, 2.75) is 26.3 Å². The van der Waals surface area contributed by atoms with E-state index in [2.05, 4.69) is 4.98 Å². The van der Waals surface area contributed by atoms with E-state index in [-0.39, 0.29) is 11.9 Å². The number of ether oxygens (including phenoxy) is 1. The van der Waals surface area contributed by atoms with Gasteiger partial charge in [-0.2, -0.15) is 0 Å². The fourth-order valence-corrected chi connectivity index (χ4v) is 2.77. The van der Waals surface area contributed by atoms with E-state index < -0.39 is 0 Å². The Hall–Kier alpha value is -2.14. The van der Waals surface area contributed by atoms with Gasteiger partial charge >= 0.3 is 0 Å². The van der Waals surface area contributed by atoms with Gasteiger partial charge in [-0.1, -0.05) is 12.1 Å². The number of hydrogen-bond donors (Lipinski definition) is 0. The highest BCUT2D eigenvalue weighted by atomic mass is 32.1. The molecule has 0 N–H and O–H groups in total. The summed E-state index contributed by atoms with van der Waals surface area (Å²) < 4.78 is 5.16. The lowest BCUT2D eigenvalue weighted by Gasteiger charge is -2.24. The first-order valence-electron chi connectivity index (χ1n) is 7.49. The standard InChI is InChI=1S/C18H22N2O2S/c1-13(11-15-5-8-17(22-4)9-6-15)20(3)18(21)10-7-16-12-23-14(2)19-16/h5-10,12-13H,11H2,1-4H3/b10-7-/t13-/m1/s1. The molecule has 1 amide bonds. The smallest absolute Gasteiger partial charge is 0.246 e. The predicted octanol–water partition coefficient (Wildman–Crippen LogP) is 3.56. The minimum atomic E-state index is -0.0170. The number of rotatable bonds is 6. The second kappa shape index (κ2) is 7.92. The van der Waals surface area contributed by atoms with Crippen LogP contribution in [0.25, 0.3) is 6.08 Å². The van der Waals surface area contributed by atoms with Crippen LogP contribution in [0.3, 0.4) is 0 Å². The van der Waals surface area contributed by atoms with Crippen molar-refractivity contribution in [1.29, 1.82) is 0 Å². The first-order valence-corrected chi connectivity index (χ1v) is 8.37. The van der Waals surface area contributed by atoms with Crippen molar-refractivity contribution in [3.05, 3.63) is 52.0 Å². The summed E-state index contributed by atoms with van der Waals surface area (Å²) in [6, 6.07) is 8.05. The lowest BCUT2D eigenvalue weighted by Crippen LogP contribution is -2.35. The Morgan fingerprint density at radius 1 is 1.39 bits per heavy atom. The number of hydrogen-bond acceptors (Lipinski definition) is 4. The van der Waals surface area contributed by atoms with Gasteiger partial charge in [0.05, 0.1) is 17.8 Å². The average Bonchev–Trinajstić information content (AvgIpc) is 2.98. The Balaban J connectivity index is 1.93. The zero-order valence-electron chi connectivity index (χ0n) is 13.9. The number of carbonyl (C=O) groups excluding carboxylic acids is 1. The summed E-state index contributed by atoms with van der Waals surface area (Å²) in [6.45, 7) is 4.00. The quantitative estimate of drug-likeness (QED) is 0.761. The normalized spacial score (nSPS) is 12.3. The van der Waals surface area contributed by atoms with Crippen LogP contribution in [0.5, 0.6) is 5.75 Å². The minimum Gasteiger partial charge on any atom is -0.497 e. The van der Waals surface area contributed by atoms with Crippen molar-refractivity contribution in [2.75, 3.05) is 14.2 Å². The maximum absolute atomic E-state index is 12.3. The summed E-state index contributed by atoms with van der Waals surface area (Å²) in [4.78, 5) is 18.3. The Bertz CT molecular complexity index is 677. The van der Waals surface area contributed by atoms with Crippen LogP contribution in [0.4, 0.5) is 0 Å². The van der Waals surface area contributed by atoms with Crippen LogP contribution in [0.1, 0.15) is 23.2 Å². The molecule has 5 heteroatoms. The number of amides is 1. The highest BCUT2D eigenvalue weighted by Gasteiger charge is 2.14. The van der Waals surface area contributed by atoms with Crippen molar-refractivity contribution in [1.82, 2.24) is 9.88 Å². The topological polar surface area (TPSA) is 42.4 Å². The summed E-state index contributed by atoms with van der Waals surface area (Å²) in [7, 11) is 3.48. The molecular weight excluding hydrogens is 308 g/mol. The van der Waals surface area contributed by atoms with E-state index in [1.165, 1.54) is 5.56 Å². The Morgan fingerprint density at radius 2 is 2.09 bits per heavy atom. The first-order chi connectivity index (χ1) is 11.0. The zero-order chi connectivity index (χ0) is 16.8. The summed E-state index contributed by atoms with van der Waals surface area (Å²) in [5.41, 5.74) is 2.01. The first kappa shape index (κ1) is 17.2.